The second-order valence-corrected chi connectivity index (χ2v) is 7.06. The van der Waals surface area contributed by atoms with E-state index in [1.807, 2.05) is 0 Å². The third-order valence-corrected chi connectivity index (χ3v) is 4.25. The monoisotopic (exact) mass is 367 g/mol. The number of carboxylic acid groups (broad SMARTS) is 1. The molecule has 0 saturated heterocycles. The van der Waals surface area contributed by atoms with E-state index in [-0.39, 0.29) is 16.4 Å². The molecule has 2 aromatic rings. The van der Waals surface area contributed by atoms with Gasteiger partial charge >= 0.3 is 6.09 Å². The molecule has 2 rings (SSSR count). The van der Waals surface area contributed by atoms with E-state index in [4.69, 9.17) is 11.6 Å². The van der Waals surface area contributed by atoms with Crippen molar-refractivity contribution in [1.29, 1.82) is 0 Å². The van der Waals surface area contributed by atoms with Gasteiger partial charge in [0.1, 0.15) is 28.9 Å². The van der Waals surface area contributed by atoms with E-state index < -0.39 is 29.0 Å². The normalized spacial score (nSPS) is 15.3. The van der Waals surface area contributed by atoms with E-state index >= 15 is 0 Å². The SMILES string of the molecule is CC(C)(C)[C@@](O)(c1cccc(F)c1)[C@H](NC(=O)O)c1cc(Cl)ncn1. The third kappa shape index (κ3) is 3.88. The van der Waals surface area contributed by atoms with Crippen molar-refractivity contribution in [2.45, 2.75) is 32.4 Å². The molecular weight excluding hydrogens is 349 g/mol. The van der Waals surface area contributed by atoms with E-state index in [1.54, 1.807) is 20.8 Å². The van der Waals surface area contributed by atoms with Crippen LogP contribution in [0, 0.1) is 11.2 Å². The molecule has 0 aliphatic carbocycles. The summed E-state index contributed by atoms with van der Waals surface area (Å²) in [5, 5.41) is 23.3. The van der Waals surface area contributed by atoms with E-state index in [9.17, 15) is 19.4 Å². The lowest BCUT2D eigenvalue weighted by Gasteiger charge is -2.45. The van der Waals surface area contributed by atoms with Gasteiger partial charge in [-0.3, -0.25) is 0 Å². The Morgan fingerprint density at radius 2 is 1.96 bits per heavy atom. The van der Waals surface area contributed by atoms with Crippen LogP contribution in [0.4, 0.5) is 9.18 Å². The summed E-state index contributed by atoms with van der Waals surface area (Å²) >= 11 is 5.89. The van der Waals surface area contributed by atoms with Crippen molar-refractivity contribution in [3.63, 3.8) is 0 Å². The summed E-state index contributed by atoms with van der Waals surface area (Å²) in [6.45, 7) is 5.16. The van der Waals surface area contributed by atoms with Crippen molar-refractivity contribution in [1.82, 2.24) is 15.3 Å². The standard InChI is InChI=1S/C17H19ClFN3O3/c1-16(2,3)17(25,10-5-4-6-11(19)7-10)14(22-15(23)24)12-8-13(18)21-9-20-12/h4-9,14,22,25H,1-3H3,(H,23,24)/t14-,17-/m1/s1. The lowest BCUT2D eigenvalue weighted by Crippen LogP contribution is -2.52. The molecule has 1 amide bonds. The molecule has 0 aliphatic heterocycles. The number of carbonyl (C=O) groups is 1. The minimum Gasteiger partial charge on any atom is -0.465 e. The molecule has 0 saturated carbocycles. The van der Waals surface area contributed by atoms with Gasteiger partial charge in [-0.2, -0.15) is 0 Å². The lowest BCUT2D eigenvalue weighted by molar-refractivity contribution is -0.0953. The van der Waals surface area contributed by atoms with Gasteiger partial charge in [0.15, 0.2) is 0 Å². The number of nitrogens with zero attached hydrogens (tertiary/aromatic N) is 2. The van der Waals surface area contributed by atoms with Crippen LogP contribution in [0.2, 0.25) is 5.15 Å². The van der Waals surface area contributed by atoms with Crippen LogP contribution < -0.4 is 5.32 Å². The Labute approximate surface area is 149 Å². The average molecular weight is 368 g/mol. The highest BCUT2D eigenvalue weighted by Gasteiger charge is 2.50. The molecular formula is C17H19ClFN3O3. The molecule has 1 aromatic heterocycles. The third-order valence-electron chi connectivity index (χ3n) is 4.04. The van der Waals surface area contributed by atoms with Gasteiger partial charge in [0.25, 0.3) is 0 Å². The van der Waals surface area contributed by atoms with Crippen LogP contribution in [0.3, 0.4) is 0 Å². The highest BCUT2D eigenvalue weighted by molar-refractivity contribution is 6.29. The van der Waals surface area contributed by atoms with Gasteiger partial charge in [-0.05, 0) is 29.2 Å². The zero-order chi connectivity index (χ0) is 18.8. The number of aliphatic hydroxyl groups is 1. The largest absolute Gasteiger partial charge is 0.465 e. The molecule has 0 aliphatic rings. The van der Waals surface area contributed by atoms with Crippen molar-refractivity contribution in [2.24, 2.45) is 5.41 Å². The summed E-state index contributed by atoms with van der Waals surface area (Å²) in [6, 6.07) is 5.56. The van der Waals surface area contributed by atoms with Crippen molar-refractivity contribution < 1.29 is 19.4 Å². The second kappa shape index (κ2) is 6.93. The summed E-state index contributed by atoms with van der Waals surface area (Å²) < 4.78 is 13.8. The number of amides is 1. The number of rotatable bonds is 4. The van der Waals surface area contributed by atoms with Crippen molar-refractivity contribution in [3.05, 3.63) is 58.9 Å². The predicted molar refractivity (Wildman–Crippen MR) is 90.7 cm³/mol. The average Bonchev–Trinajstić information content (AvgIpc) is 2.50. The van der Waals surface area contributed by atoms with Crippen LogP contribution in [0.1, 0.15) is 38.1 Å². The summed E-state index contributed by atoms with van der Waals surface area (Å²) in [5.74, 6) is -0.546. The van der Waals surface area contributed by atoms with Gasteiger partial charge in [0.05, 0.1) is 5.69 Å². The quantitative estimate of drug-likeness (QED) is 0.719. The molecule has 25 heavy (non-hydrogen) atoms. The topological polar surface area (TPSA) is 95.3 Å². The summed E-state index contributed by atoms with van der Waals surface area (Å²) in [7, 11) is 0. The maximum absolute atomic E-state index is 13.8. The molecule has 2 atom stereocenters. The molecule has 1 aromatic carbocycles. The Morgan fingerprint density at radius 3 is 2.48 bits per heavy atom. The summed E-state index contributed by atoms with van der Waals surface area (Å²) in [4.78, 5) is 19.2. The second-order valence-electron chi connectivity index (χ2n) is 6.67. The predicted octanol–water partition coefficient (Wildman–Crippen LogP) is 3.51. The van der Waals surface area contributed by atoms with Gasteiger partial charge in [0, 0.05) is 0 Å². The highest BCUT2D eigenvalue weighted by atomic mass is 35.5. The molecule has 6 nitrogen and oxygen atoms in total. The fourth-order valence-electron chi connectivity index (χ4n) is 2.78. The maximum atomic E-state index is 13.8. The Kier molecular flexibility index (Phi) is 5.29. The fourth-order valence-corrected chi connectivity index (χ4v) is 2.93. The Morgan fingerprint density at radius 1 is 1.28 bits per heavy atom. The molecule has 0 unspecified atom stereocenters. The molecule has 1 heterocycles. The number of aromatic nitrogens is 2. The van der Waals surface area contributed by atoms with Gasteiger partial charge in [-0.15, -0.1) is 0 Å². The Hall–Kier alpha value is -2.25. The number of hydrogen-bond acceptors (Lipinski definition) is 4. The van der Waals surface area contributed by atoms with Crippen molar-refractivity contribution in [3.8, 4) is 0 Å². The zero-order valence-corrected chi connectivity index (χ0v) is 14.8. The molecule has 134 valence electrons. The van der Waals surface area contributed by atoms with Crippen molar-refractivity contribution in [2.75, 3.05) is 0 Å². The summed E-state index contributed by atoms with van der Waals surface area (Å²) in [5.41, 5.74) is -2.31. The number of hydrogen-bond donors (Lipinski definition) is 3. The van der Waals surface area contributed by atoms with Gasteiger partial charge in [0.2, 0.25) is 0 Å². The smallest absolute Gasteiger partial charge is 0.405 e. The first-order valence-electron chi connectivity index (χ1n) is 7.51. The van der Waals surface area contributed by atoms with Gasteiger partial charge in [-0.1, -0.05) is 44.5 Å². The minimum atomic E-state index is -1.81. The van der Waals surface area contributed by atoms with E-state index in [1.165, 1.54) is 36.7 Å². The highest BCUT2D eigenvalue weighted by Crippen LogP contribution is 2.47. The maximum Gasteiger partial charge on any atom is 0.405 e. The number of benzene rings is 1. The molecule has 8 heteroatoms. The van der Waals surface area contributed by atoms with Crippen LogP contribution in [0.5, 0.6) is 0 Å². The lowest BCUT2D eigenvalue weighted by atomic mass is 9.67. The van der Waals surface area contributed by atoms with E-state index in [2.05, 4.69) is 15.3 Å². The van der Waals surface area contributed by atoms with Crippen LogP contribution in [-0.2, 0) is 5.60 Å². The molecule has 0 fully saturated rings. The number of nitrogens with one attached hydrogen (secondary N) is 1. The van der Waals surface area contributed by atoms with Gasteiger partial charge in [-0.25, -0.2) is 19.2 Å². The van der Waals surface area contributed by atoms with E-state index in [0.29, 0.717) is 0 Å². The Balaban J connectivity index is 2.72. The first-order chi connectivity index (χ1) is 11.6. The van der Waals surface area contributed by atoms with Crippen LogP contribution >= 0.6 is 11.6 Å². The van der Waals surface area contributed by atoms with Crippen LogP contribution in [0.25, 0.3) is 0 Å². The summed E-state index contributed by atoms with van der Waals surface area (Å²) in [6.07, 6.45) is -0.193. The molecule has 0 spiro atoms. The van der Waals surface area contributed by atoms with Crippen LogP contribution in [-0.4, -0.2) is 26.3 Å². The first kappa shape index (κ1) is 19.1. The fraction of sp³-hybridized carbons (Fsp3) is 0.353. The zero-order valence-electron chi connectivity index (χ0n) is 14.0. The molecule has 3 N–H and O–H groups in total. The van der Waals surface area contributed by atoms with E-state index in [0.717, 1.165) is 0 Å². The van der Waals surface area contributed by atoms with Crippen molar-refractivity contribution >= 4 is 17.7 Å². The van der Waals surface area contributed by atoms with Crippen LogP contribution in [0.15, 0.2) is 36.7 Å². The first-order valence-corrected chi connectivity index (χ1v) is 7.89. The number of halogens is 2. The molecule has 0 radical (unpaired) electrons. The molecule has 0 bridgehead atoms. The minimum absolute atomic E-state index is 0.0951. The van der Waals surface area contributed by atoms with Gasteiger partial charge < -0.3 is 15.5 Å². The Bertz CT molecular complexity index is 782.